The SMILES string of the molecule is CC(C)n1ncc2cc(NC(=O)NCc3ccc(S(N)(=O)=O)cc3)cnc21. The molecule has 27 heavy (non-hydrogen) atoms. The molecular weight excluding hydrogens is 368 g/mol. The average molecular weight is 388 g/mol. The number of hydrogen-bond acceptors (Lipinski definition) is 5. The minimum absolute atomic E-state index is 0.0250. The Hall–Kier alpha value is -2.98. The minimum Gasteiger partial charge on any atom is -0.334 e. The quantitative estimate of drug-likeness (QED) is 0.615. The van der Waals surface area contributed by atoms with Crippen LogP contribution in [0.4, 0.5) is 10.5 Å². The molecule has 3 rings (SSSR count). The normalized spacial score (nSPS) is 11.7. The Bertz CT molecular complexity index is 1070. The zero-order chi connectivity index (χ0) is 19.6. The summed E-state index contributed by atoms with van der Waals surface area (Å²) in [4.78, 5) is 16.5. The maximum absolute atomic E-state index is 12.1. The van der Waals surface area contributed by atoms with Crippen LogP contribution in [0.1, 0.15) is 25.5 Å². The number of pyridine rings is 1. The summed E-state index contributed by atoms with van der Waals surface area (Å²) < 4.78 is 24.3. The van der Waals surface area contributed by atoms with Crippen LogP contribution in [0.5, 0.6) is 0 Å². The van der Waals surface area contributed by atoms with Crippen molar-refractivity contribution < 1.29 is 13.2 Å². The first kappa shape index (κ1) is 18.8. The van der Waals surface area contributed by atoms with Crippen molar-refractivity contribution in [3.8, 4) is 0 Å². The molecule has 0 fully saturated rings. The van der Waals surface area contributed by atoms with Crippen LogP contribution in [-0.4, -0.2) is 29.2 Å². The second-order valence-electron chi connectivity index (χ2n) is 6.32. The number of anilines is 1. The standard InChI is InChI=1S/C17H20N6O3S/c1-11(2)23-16-13(9-21-23)7-14(10-19-16)22-17(24)20-8-12-3-5-15(6-4-12)27(18,25)26/h3-7,9-11H,8H2,1-2H3,(H2,18,25,26)(H2,20,22,24). The van der Waals surface area contributed by atoms with Gasteiger partial charge in [-0.15, -0.1) is 0 Å². The van der Waals surface area contributed by atoms with Gasteiger partial charge in [0.15, 0.2) is 5.65 Å². The van der Waals surface area contributed by atoms with Gasteiger partial charge in [-0.1, -0.05) is 12.1 Å². The van der Waals surface area contributed by atoms with Gasteiger partial charge in [-0.3, -0.25) is 0 Å². The van der Waals surface area contributed by atoms with Gasteiger partial charge in [-0.2, -0.15) is 5.10 Å². The molecule has 9 nitrogen and oxygen atoms in total. The van der Waals surface area contributed by atoms with Crippen LogP contribution in [0.3, 0.4) is 0 Å². The average Bonchev–Trinajstić information content (AvgIpc) is 3.03. The molecule has 0 saturated carbocycles. The molecule has 0 spiro atoms. The summed E-state index contributed by atoms with van der Waals surface area (Å²) in [5, 5.41) is 15.6. The van der Waals surface area contributed by atoms with E-state index in [1.165, 1.54) is 12.1 Å². The number of benzene rings is 1. The molecule has 0 atom stereocenters. The number of rotatable bonds is 5. The lowest BCUT2D eigenvalue weighted by molar-refractivity contribution is 0.251. The predicted molar refractivity (Wildman–Crippen MR) is 102 cm³/mol. The van der Waals surface area contributed by atoms with Crippen LogP contribution in [0, 0.1) is 0 Å². The highest BCUT2D eigenvalue weighted by Crippen LogP contribution is 2.19. The van der Waals surface area contributed by atoms with E-state index in [0.29, 0.717) is 5.69 Å². The molecule has 2 amide bonds. The van der Waals surface area contributed by atoms with Crippen molar-refractivity contribution in [2.45, 2.75) is 31.3 Å². The van der Waals surface area contributed by atoms with Crippen molar-refractivity contribution in [1.82, 2.24) is 20.1 Å². The van der Waals surface area contributed by atoms with E-state index in [1.54, 1.807) is 30.6 Å². The highest BCUT2D eigenvalue weighted by molar-refractivity contribution is 7.89. The number of fused-ring (bicyclic) bond motifs is 1. The zero-order valence-corrected chi connectivity index (χ0v) is 15.7. The monoisotopic (exact) mass is 388 g/mol. The second kappa shape index (κ2) is 7.33. The molecule has 3 aromatic rings. The number of nitrogens with two attached hydrogens (primary N) is 1. The zero-order valence-electron chi connectivity index (χ0n) is 14.9. The number of nitrogens with zero attached hydrogens (tertiary/aromatic N) is 3. The van der Waals surface area contributed by atoms with Gasteiger partial charge in [0.1, 0.15) is 0 Å². The number of hydrogen-bond donors (Lipinski definition) is 3. The molecule has 142 valence electrons. The van der Waals surface area contributed by atoms with E-state index < -0.39 is 16.1 Å². The second-order valence-corrected chi connectivity index (χ2v) is 7.88. The molecule has 0 bridgehead atoms. The Labute approximate surface area is 156 Å². The van der Waals surface area contributed by atoms with Crippen molar-refractivity contribution in [3.05, 3.63) is 48.3 Å². The van der Waals surface area contributed by atoms with Gasteiger partial charge in [0.05, 0.1) is 23.0 Å². The van der Waals surface area contributed by atoms with E-state index in [0.717, 1.165) is 16.6 Å². The Morgan fingerprint density at radius 1 is 1.22 bits per heavy atom. The molecule has 10 heteroatoms. The van der Waals surface area contributed by atoms with E-state index in [1.807, 2.05) is 18.5 Å². The van der Waals surface area contributed by atoms with Crippen LogP contribution in [0.25, 0.3) is 11.0 Å². The number of primary sulfonamides is 1. The smallest absolute Gasteiger partial charge is 0.319 e. The minimum atomic E-state index is -3.73. The number of carbonyl (C=O) groups excluding carboxylic acids is 1. The topological polar surface area (TPSA) is 132 Å². The maximum atomic E-state index is 12.1. The van der Waals surface area contributed by atoms with Gasteiger partial charge >= 0.3 is 6.03 Å². The van der Waals surface area contributed by atoms with Crippen molar-refractivity contribution in [1.29, 1.82) is 0 Å². The molecule has 0 aliphatic rings. The summed E-state index contributed by atoms with van der Waals surface area (Å²) in [5.74, 6) is 0. The molecule has 2 aromatic heterocycles. The number of sulfonamides is 1. The van der Waals surface area contributed by atoms with Gasteiger partial charge in [0, 0.05) is 18.0 Å². The number of nitrogens with one attached hydrogen (secondary N) is 2. The molecular formula is C17H20N6O3S. The lowest BCUT2D eigenvalue weighted by Crippen LogP contribution is -2.28. The van der Waals surface area contributed by atoms with E-state index in [4.69, 9.17) is 5.14 Å². The van der Waals surface area contributed by atoms with Crippen LogP contribution in [0.2, 0.25) is 0 Å². The molecule has 0 saturated heterocycles. The fraction of sp³-hybridized carbons (Fsp3) is 0.235. The van der Waals surface area contributed by atoms with E-state index in [9.17, 15) is 13.2 Å². The number of urea groups is 1. The van der Waals surface area contributed by atoms with Crippen LogP contribution in [0.15, 0.2) is 47.6 Å². The van der Waals surface area contributed by atoms with Crippen LogP contribution < -0.4 is 15.8 Å². The highest BCUT2D eigenvalue weighted by Gasteiger charge is 2.10. The lowest BCUT2D eigenvalue weighted by atomic mass is 10.2. The first-order chi connectivity index (χ1) is 12.7. The fourth-order valence-corrected chi connectivity index (χ4v) is 3.06. The molecule has 0 aliphatic heterocycles. The number of aromatic nitrogens is 3. The first-order valence-corrected chi connectivity index (χ1v) is 9.78. The summed E-state index contributed by atoms with van der Waals surface area (Å²) in [6, 6.07) is 7.57. The third kappa shape index (κ3) is 4.41. The Balaban J connectivity index is 1.61. The third-order valence-corrected chi connectivity index (χ3v) is 4.81. The van der Waals surface area contributed by atoms with Crippen molar-refractivity contribution in [3.63, 3.8) is 0 Å². The highest BCUT2D eigenvalue weighted by atomic mass is 32.2. The molecule has 0 unspecified atom stereocenters. The summed E-state index contributed by atoms with van der Waals surface area (Å²) in [6.45, 7) is 4.27. The Morgan fingerprint density at radius 2 is 1.93 bits per heavy atom. The van der Waals surface area contributed by atoms with E-state index in [2.05, 4.69) is 20.7 Å². The summed E-state index contributed by atoms with van der Waals surface area (Å²) >= 11 is 0. The number of amides is 2. The third-order valence-electron chi connectivity index (χ3n) is 3.89. The summed E-state index contributed by atoms with van der Waals surface area (Å²) in [6.07, 6.45) is 3.28. The molecule has 1 aromatic carbocycles. The van der Waals surface area contributed by atoms with E-state index >= 15 is 0 Å². The predicted octanol–water partition coefficient (Wildman–Crippen LogP) is 1.98. The summed E-state index contributed by atoms with van der Waals surface area (Å²) in [5.41, 5.74) is 2.04. The Kier molecular flexibility index (Phi) is 5.10. The largest absolute Gasteiger partial charge is 0.334 e. The molecule has 2 heterocycles. The fourth-order valence-electron chi connectivity index (χ4n) is 2.54. The van der Waals surface area contributed by atoms with Gasteiger partial charge in [-0.05, 0) is 37.6 Å². The van der Waals surface area contributed by atoms with Crippen LogP contribution in [-0.2, 0) is 16.6 Å². The number of carbonyl (C=O) groups is 1. The molecule has 0 radical (unpaired) electrons. The van der Waals surface area contributed by atoms with Crippen molar-refractivity contribution in [2.24, 2.45) is 5.14 Å². The van der Waals surface area contributed by atoms with Gasteiger partial charge in [-0.25, -0.2) is 28.0 Å². The lowest BCUT2D eigenvalue weighted by Gasteiger charge is -2.09. The van der Waals surface area contributed by atoms with Crippen LogP contribution >= 0.6 is 0 Å². The van der Waals surface area contributed by atoms with E-state index in [-0.39, 0.29) is 17.5 Å². The van der Waals surface area contributed by atoms with Gasteiger partial charge in [0.2, 0.25) is 10.0 Å². The maximum Gasteiger partial charge on any atom is 0.319 e. The van der Waals surface area contributed by atoms with Gasteiger partial charge < -0.3 is 10.6 Å². The summed E-state index contributed by atoms with van der Waals surface area (Å²) in [7, 11) is -3.73. The van der Waals surface area contributed by atoms with Gasteiger partial charge in [0.25, 0.3) is 0 Å². The Morgan fingerprint density at radius 3 is 2.56 bits per heavy atom. The molecule has 4 N–H and O–H groups in total. The van der Waals surface area contributed by atoms with Crippen molar-refractivity contribution in [2.75, 3.05) is 5.32 Å². The van der Waals surface area contributed by atoms with Crippen molar-refractivity contribution >= 4 is 32.8 Å². The molecule has 0 aliphatic carbocycles. The first-order valence-electron chi connectivity index (χ1n) is 8.24.